The Kier molecular flexibility index (Phi) is 6.87. The van der Waals surface area contributed by atoms with E-state index in [2.05, 4.69) is 15.6 Å². The molecule has 1 aromatic carbocycles. The maximum atomic E-state index is 13.4. The van der Waals surface area contributed by atoms with Gasteiger partial charge in [0.2, 0.25) is 0 Å². The van der Waals surface area contributed by atoms with Gasteiger partial charge in [0.05, 0.1) is 5.56 Å². The summed E-state index contributed by atoms with van der Waals surface area (Å²) >= 11 is 0. The third-order valence-corrected chi connectivity index (χ3v) is 5.71. The molecule has 0 unspecified atom stereocenters. The minimum Gasteiger partial charge on any atom is -0.369 e. The first-order valence-electron chi connectivity index (χ1n) is 10.9. The number of anilines is 1. The van der Waals surface area contributed by atoms with Crippen LogP contribution in [0.1, 0.15) is 58.8 Å². The zero-order chi connectivity index (χ0) is 21.5. The molecular weight excluding hydrogens is 391 g/mol. The Morgan fingerprint density at radius 2 is 1.90 bits per heavy atom. The van der Waals surface area contributed by atoms with E-state index in [1.54, 1.807) is 18.5 Å². The number of hydrogen-bond donors (Lipinski definition) is 2. The molecule has 0 atom stereocenters. The van der Waals surface area contributed by atoms with Crippen LogP contribution in [-0.4, -0.2) is 22.4 Å². The van der Waals surface area contributed by atoms with Crippen LogP contribution >= 0.6 is 0 Å². The molecule has 0 spiro atoms. The first-order valence-corrected chi connectivity index (χ1v) is 10.9. The zero-order valence-corrected chi connectivity index (χ0v) is 17.5. The van der Waals surface area contributed by atoms with Crippen molar-refractivity contribution in [3.63, 3.8) is 0 Å². The van der Waals surface area contributed by atoms with Gasteiger partial charge in [-0.2, -0.15) is 0 Å². The zero-order valence-electron chi connectivity index (χ0n) is 17.5. The lowest BCUT2D eigenvalue weighted by Gasteiger charge is -2.16. The molecule has 1 amide bonds. The highest BCUT2D eigenvalue weighted by molar-refractivity contribution is 5.98. The number of carbonyl (C=O) groups excluding carboxylic acids is 1. The van der Waals surface area contributed by atoms with Crippen LogP contribution in [0.25, 0.3) is 0 Å². The molecule has 160 valence electrons. The molecule has 4 rings (SSSR count). The number of hydrogen-bond acceptors (Lipinski definition) is 4. The summed E-state index contributed by atoms with van der Waals surface area (Å²) in [5.41, 5.74) is 3.40. The Labute approximate surface area is 182 Å². The third-order valence-electron chi connectivity index (χ3n) is 5.71. The van der Waals surface area contributed by atoms with E-state index in [1.165, 1.54) is 25.0 Å². The highest BCUT2D eigenvalue weighted by Gasteiger charge is 2.21. The number of halogens is 1. The number of nitrogens with one attached hydrogen (secondary N) is 2. The van der Waals surface area contributed by atoms with Crippen molar-refractivity contribution in [2.24, 2.45) is 0 Å². The summed E-state index contributed by atoms with van der Waals surface area (Å²) in [6.07, 6.45) is 8.82. The quantitative estimate of drug-likeness (QED) is 0.548. The van der Waals surface area contributed by atoms with Gasteiger partial charge >= 0.3 is 0 Å². The number of aromatic nitrogens is 2. The van der Waals surface area contributed by atoms with E-state index in [0.717, 1.165) is 29.7 Å². The summed E-state index contributed by atoms with van der Waals surface area (Å²) in [5, 5.41) is 6.27. The molecule has 0 aliphatic heterocycles. The fourth-order valence-corrected chi connectivity index (χ4v) is 4.04. The average Bonchev–Trinajstić information content (AvgIpc) is 3.33. The summed E-state index contributed by atoms with van der Waals surface area (Å²) in [4.78, 5) is 21.8. The van der Waals surface area contributed by atoms with Crippen molar-refractivity contribution in [1.82, 2.24) is 15.3 Å². The molecule has 31 heavy (non-hydrogen) atoms. The Morgan fingerprint density at radius 3 is 2.68 bits per heavy atom. The van der Waals surface area contributed by atoms with Crippen LogP contribution < -0.4 is 10.6 Å². The van der Waals surface area contributed by atoms with Gasteiger partial charge in [0, 0.05) is 37.1 Å². The number of amides is 1. The SMILES string of the molecule is O=C(NCc1cccnc1)c1ccc(C2CCCC2)nc1NCCc1cccc(F)c1. The summed E-state index contributed by atoms with van der Waals surface area (Å²) in [7, 11) is 0. The van der Waals surface area contributed by atoms with E-state index in [9.17, 15) is 9.18 Å². The van der Waals surface area contributed by atoms with Crippen molar-refractivity contribution >= 4 is 11.7 Å². The Morgan fingerprint density at radius 1 is 1.06 bits per heavy atom. The number of carbonyl (C=O) groups is 1. The molecule has 1 fully saturated rings. The average molecular weight is 419 g/mol. The highest BCUT2D eigenvalue weighted by Crippen LogP contribution is 2.34. The predicted octanol–water partition coefficient (Wildman–Crippen LogP) is 4.86. The molecule has 0 bridgehead atoms. The first kappa shape index (κ1) is 21.0. The van der Waals surface area contributed by atoms with E-state index in [0.29, 0.717) is 36.8 Å². The van der Waals surface area contributed by atoms with Crippen LogP contribution in [0.15, 0.2) is 60.9 Å². The summed E-state index contributed by atoms with van der Waals surface area (Å²) in [5.74, 6) is 0.623. The van der Waals surface area contributed by atoms with Gasteiger partial charge in [-0.25, -0.2) is 9.37 Å². The predicted molar refractivity (Wildman–Crippen MR) is 119 cm³/mol. The van der Waals surface area contributed by atoms with Crippen LogP contribution in [0.2, 0.25) is 0 Å². The van der Waals surface area contributed by atoms with Crippen LogP contribution in [0.5, 0.6) is 0 Å². The Balaban J connectivity index is 1.48. The highest BCUT2D eigenvalue weighted by atomic mass is 19.1. The van der Waals surface area contributed by atoms with Crippen LogP contribution in [0.4, 0.5) is 10.2 Å². The van der Waals surface area contributed by atoms with E-state index in [1.807, 2.05) is 30.3 Å². The minimum atomic E-state index is -0.241. The lowest BCUT2D eigenvalue weighted by atomic mass is 10.0. The molecule has 1 aliphatic carbocycles. The molecule has 0 saturated heterocycles. The van der Waals surface area contributed by atoms with Crippen molar-refractivity contribution < 1.29 is 9.18 Å². The third kappa shape index (κ3) is 5.66. The molecular formula is C25H27FN4O. The van der Waals surface area contributed by atoms with Crippen LogP contribution in [-0.2, 0) is 13.0 Å². The van der Waals surface area contributed by atoms with E-state index >= 15 is 0 Å². The standard InChI is InChI=1S/C25H27FN4O/c26-21-9-3-5-18(15-21)12-14-28-24-22(10-11-23(30-24)20-7-1-2-8-20)25(31)29-17-19-6-4-13-27-16-19/h3-6,9-11,13,15-16,20H,1-2,7-8,12,14,17H2,(H,28,30)(H,29,31). The number of pyridine rings is 2. The summed E-state index contributed by atoms with van der Waals surface area (Å²) in [6, 6.07) is 14.2. The molecule has 3 aromatic rings. The molecule has 2 heterocycles. The van der Waals surface area contributed by atoms with Gasteiger partial charge < -0.3 is 10.6 Å². The molecule has 5 nitrogen and oxygen atoms in total. The second-order valence-corrected chi connectivity index (χ2v) is 7.96. The molecule has 2 N–H and O–H groups in total. The van der Waals surface area contributed by atoms with Crippen molar-refractivity contribution in [2.75, 3.05) is 11.9 Å². The molecule has 0 radical (unpaired) electrons. The smallest absolute Gasteiger partial charge is 0.255 e. The maximum absolute atomic E-state index is 13.4. The van der Waals surface area contributed by atoms with Crippen molar-refractivity contribution in [2.45, 2.75) is 44.6 Å². The monoisotopic (exact) mass is 418 g/mol. The van der Waals surface area contributed by atoms with Gasteiger partial charge in [-0.15, -0.1) is 0 Å². The van der Waals surface area contributed by atoms with Crippen LogP contribution in [0, 0.1) is 5.82 Å². The number of benzene rings is 1. The van der Waals surface area contributed by atoms with Crippen LogP contribution in [0.3, 0.4) is 0 Å². The summed E-state index contributed by atoms with van der Waals surface area (Å²) < 4.78 is 13.4. The number of rotatable bonds is 8. The topological polar surface area (TPSA) is 66.9 Å². The maximum Gasteiger partial charge on any atom is 0.255 e. The first-order chi connectivity index (χ1) is 15.2. The molecule has 1 saturated carbocycles. The van der Waals surface area contributed by atoms with E-state index in [4.69, 9.17) is 4.98 Å². The lowest BCUT2D eigenvalue weighted by Crippen LogP contribution is -2.25. The largest absolute Gasteiger partial charge is 0.369 e. The van der Waals surface area contributed by atoms with E-state index < -0.39 is 0 Å². The Bertz CT molecular complexity index is 1020. The normalized spacial score (nSPS) is 13.8. The lowest BCUT2D eigenvalue weighted by molar-refractivity contribution is 0.0951. The summed E-state index contributed by atoms with van der Waals surface area (Å²) in [6.45, 7) is 0.966. The van der Waals surface area contributed by atoms with Crippen molar-refractivity contribution in [3.05, 3.63) is 89.1 Å². The van der Waals surface area contributed by atoms with Crippen molar-refractivity contribution in [1.29, 1.82) is 0 Å². The fourth-order valence-electron chi connectivity index (χ4n) is 4.04. The molecule has 2 aromatic heterocycles. The molecule has 1 aliphatic rings. The van der Waals surface area contributed by atoms with Gasteiger partial charge in [0.1, 0.15) is 11.6 Å². The van der Waals surface area contributed by atoms with Gasteiger partial charge in [-0.1, -0.05) is 31.0 Å². The fraction of sp³-hybridized carbons (Fsp3) is 0.320. The minimum absolute atomic E-state index is 0.178. The van der Waals surface area contributed by atoms with Gasteiger partial charge in [-0.3, -0.25) is 9.78 Å². The number of nitrogens with zero attached hydrogens (tertiary/aromatic N) is 2. The molecule has 6 heteroatoms. The van der Waals surface area contributed by atoms with Crippen molar-refractivity contribution in [3.8, 4) is 0 Å². The van der Waals surface area contributed by atoms with Gasteiger partial charge in [0.25, 0.3) is 5.91 Å². The second kappa shape index (κ2) is 10.2. The Hall–Kier alpha value is -3.28. The van der Waals surface area contributed by atoms with Gasteiger partial charge in [-0.05, 0) is 60.7 Å². The second-order valence-electron chi connectivity index (χ2n) is 7.96. The van der Waals surface area contributed by atoms with Gasteiger partial charge in [0.15, 0.2) is 0 Å². The van der Waals surface area contributed by atoms with E-state index in [-0.39, 0.29) is 11.7 Å².